The maximum atomic E-state index is 10.7. The van der Waals surface area contributed by atoms with Gasteiger partial charge in [-0.05, 0) is 0 Å². The fourth-order valence-corrected chi connectivity index (χ4v) is 2.01. The smallest absolute Gasteiger partial charge is 0.313 e. The number of nitro benzene ring substituents is 1. The highest BCUT2D eigenvalue weighted by Gasteiger charge is 2.10. The number of aliphatic carboxylic acids is 1. The number of hydrogen-bond acceptors (Lipinski definition) is 5. The minimum absolute atomic E-state index is 0.00756. The van der Waals surface area contributed by atoms with Crippen LogP contribution in [0.2, 0.25) is 0 Å². The van der Waals surface area contributed by atoms with Gasteiger partial charge in [0, 0.05) is 17.7 Å². The Labute approximate surface area is 111 Å². The van der Waals surface area contributed by atoms with E-state index < -0.39 is 10.9 Å². The zero-order chi connectivity index (χ0) is 13.8. The number of nitrogens with one attached hydrogen (secondary N) is 1. The molecule has 0 spiro atoms. The molecule has 98 valence electrons. The van der Waals surface area contributed by atoms with Crippen molar-refractivity contribution in [2.24, 2.45) is 0 Å². The van der Waals surface area contributed by atoms with Gasteiger partial charge in [0.05, 0.1) is 22.6 Å². The number of carboxylic acid groups (broad SMARTS) is 1. The highest BCUT2D eigenvalue weighted by molar-refractivity contribution is 7.99. The Balaban J connectivity index is 2.20. The molecule has 0 aliphatic heterocycles. The molecular weight excluding hydrogens is 270 g/mol. The molecule has 0 saturated heterocycles. The first-order chi connectivity index (χ1) is 9.06. The second-order valence-corrected chi connectivity index (χ2v) is 4.56. The topological polar surface area (TPSA) is 109 Å². The molecule has 0 aliphatic rings. The molecule has 0 radical (unpaired) electrons. The number of hydrogen-bond donors (Lipinski definition) is 2. The van der Waals surface area contributed by atoms with Gasteiger partial charge in [-0.3, -0.25) is 14.9 Å². The van der Waals surface area contributed by atoms with Crippen LogP contribution >= 0.6 is 11.8 Å². The molecule has 0 saturated carbocycles. The number of carboxylic acids is 1. The monoisotopic (exact) mass is 279 g/mol. The van der Waals surface area contributed by atoms with Crippen LogP contribution in [0.5, 0.6) is 0 Å². The van der Waals surface area contributed by atoms with E-state index in [4.69, 9.17) is 5.11 Å². The van der Waals surface area contributed by atoms with Gasteiger partial charge in [0.2, 0.25) is 0 Å². The number of nitrogens with zero attached hydrogens (tertiary/aromatic N) is 2. The Morgan fingerprint density at radius 1 is 1.53 bits per heavy atom. The third-order valence-electron chi connectivity index (χ3n) is 2.25. The molecule has 0 unspecified atom stereocenters. The number of H-pyrrole nitrogens is 1. The van der Waals surface area contributed by atoms with Crippen molar-refractivity contribution in [3.8, 4) is 11.3 Å². The van der Waals surface area contributed by atoms with Gasteiger partial charge in [-0.25, -0.2) is 4.98 Å². The average molecular weight is 279 g/mol. The third kappa shape index (κ3) is 3.32. The first kappa shape index (κ1) is 13.1. The first-order valence-electron chi connectivity index (χ1n) is 5.20. The van der Waals surface area contributed by atoms with Gasteiger partial charge in [-0.1, -0.05) is 23.9 Å². The van der Waals surface area contributed by atoms with E-state index in [9.17, 15) is 14.9 Å². The van der Waals surface area contributed by atoms with Gasteiger partial charge in [-0.2, -0.15) is 0 Å². The van der Waals surface area contributed by atoms with Gasteiger partial charge >= 0.3 is 5.97 Å². The average Bonchev–Trinajstić information content (AvgIpc) is 2.85. The molecule has 0 amide bonds. The van der Waals surface area contributed by atoms with Crippen molar-refractivity contribution in [3.05, 3.63) is 40.6 Å². The molecule has 1 aromatic carbocycles. The SMILES string of the molecule is O=C(O)CSc1ncc(-c2cccc([N+](=O)[O-])c2)[nH]1. The fraction of sp³-hybridized carbons (Fsp3) is 0.0909. The third-order valence-corrected chi connectivity index (χ3v) is 3.13. The van der Waals surface area contributed by atoms with E-state index in [1.807, 2.05) is 0 Å². The minimum atomic E-state index is -0.932. The number of aromatic nitrogens is 2. The summed E-state index contributed by atoms with van der Waals surface area (Å²) >= 11 is 1.05. The molecule has 1 aromatic heterocycles. The second kappa shape index (κ2) is 5.53. The van der Waals surface area contributed by atoms with Gasteiger partial charge < -0.3 is 10.1 Å². The molecule has 2 N–H and O–H groups in total. The van der Waals surface area contributed by atoms with E-state index in [2.05, 4.69) is 9.97 Å². The van der Waals surface area contributed by atoms with E-state index in [0.717, 1.165) is 11.8 Å². The minimum Gasteiger partial charge on any atom is -0.481 e. The molecule has 1 heterocycles. The summed E-state index contributed by atoms with van der Waals surface area (Å²) in [6.45, 7) is 0. The van der Waals surface area contributed by atoms with Gasteiger partial charge in [0.25, 0.3) is 5.69 Å². The van der Waals surface area contributed by atoms with Crippen molar-refractivity contribution in [2.75, 3.05) is 5.75 Å². The molecule has 7 nitrogen and oxygen atoms in total. The lowest BCUT2D eigenvalue weighted by atomic mass is 10.1. The summed E-state index contributed by atoms with van der Waals surface area (Å²) in [5.41, 5.74) is 1.23. The van der Waals surface area contributed by atoms with Gasteiger partial charge in [0.1, 0.15) is 0 Å². The predicted molar refractivity (Wildman–Crippen MR) is 69.0 cm³/mol. The largest absolute Gasteiger partial charge is 0.481 e. The normalized spacial score (nSPS) is 10.3. The predicted octanol–water partition coefficient (Wildman–Crippen LogP) is 2.16. The van der Waals surface area contributed by atoms with Crippen molar-refractivity contribution in [2.45, 2.75) is 5.16 Å². The molecule has 2 rings (SSSR count). The Kier molecular flexibility index (Phi) is 3.81. The van der Waals surface area contributed by atoms with Crippen LogP contribution in [0.15, 0.2) is 35.6 Å². The number of rotatable bonds is 5. The highest BCUT2D eigenvalue weighted by Crippen LogP contribution is 2.24. The fourth-order valence-electron chi connectivity index (χ4n) is 1.44. The standard InChI is InChI=1S/C11H9N3O4S/c15-10(16)6-19-11-12-5-9(13-11)7-2-1-3-8(4-7)14(17)18/h1-5H,6H2,(H,12,13)(H,15,16). The summed E-state index contributed by atoms with van der Waals surface area (Å²) in [4.78, 5) is 27.6. The van der Waals surface area contributed by atoms with Gasteiger partial charge in [0.15, 0.2) is 5.16 Å². The van der Waals surface area contributed by atoms with Crippen molar-refractivity contribution in [1.29, 1.82) is 0 Å². The number of non-ortho nitro benzene ring substituents is 1. The van der Waals surface area contributed by atoms with Crippen LogP contribution in [0.1, 0.15) is 0 Å². The maximum absolute atomic E-state index is 10.7. The number of nitro groups is 1. The van der Waals surface area contributed by atoms with Crippen LogP contribution in [0.25, 0.3) is 11.3 Å². The molecule has 8 heteroatoms. The second-order valence-electron chi connectivity index (χ2n) is 3.59. The number of thioether (sulfide) groups is 1. The molecule has 0 bridgehead atoms. The Hall–Kier alpha value is -2.35. The summed E-state index contributed by atoms with van der Waals surface area (Å²) in [5.74, 6) is -1.03. The van der Waals surface area contributed by atoms with E-state index in [1.165, 1.54) is 18.3 Å². The highest BCUT2D eigenvalue weighted by atomic mass is 32.2. The van der Waals surface area contributed by atoms with E-state index in [-0.39, 0.29) is 11.4 Å². The molecule has 0 fully saturated rings. The number of aromatic amines is 1. The molecular formula is C11H9N3O4S. The van der Waals surface area contributed by atoms with Crippen molar-refractivity contribution >= 4 is 23.4 Å². The van der Waals surface area contributed by atoms with Crippen LogP contribution in [0.3, 0.4) is 0 Å². The lowest BCUT2D eigenvalue weighted by Gasteiger charge is -1.97. The molecule has 0 aliphatic carbocycles. The molecule has 19 heavy (non-hydrogen) atoms. The lowest BCUT2D eigenvalue weighted by Crippen LogP contribution is -1.97. The zero-order valence-corrected chi connectivity index (χ0v) is 10.4. The van der Waals surface area contributed by atoms with Crippen LogP contribution < -0.4 is 0 Å². The van der Waals surface area contributed by atoms with Crippen LogP contribution in [0.4, 0.5) is 5.69 Å². The quantitative estimate of drug-likeness (QED) is 0.493. The van der Waals surface area contributed by atoms with E-state index in [1.54, 1.807) is 12.1 Å². The van der Waals surface area contributed by atoms with Crippen molar-refractivity contribution in [1.82, 2.24) is 9.97 Å². The Morgan fingerprint density at radius 3 is 3.00 bits per heavy atom. The first-order valence-corrected chi connectivity index (χ1v) is 6.19. The lowest BCUT2D eigenvalue weighted by molar-refractivity contribution is -0.384. The van der Waals surface area contributed by atoms with Gasteiger partial charge in [-0.15, -0.1) is 0 Å². The molecule has 0 atom stereocenters. The number of carbonyl (C=O) groups is 1. The number of benzene rings is 1. The molecule has 2 aromatic rings. The van der Waals surface area contributed by atoms with E-state index in [0.29, 0.717) is 16.4 Å². The number of imidazole rings is 1. The summed E-state index contributed by atoms with van der Waals surface area (Å²) in [6.07, 6.45) is 1.52. The Bertz CT molecular complexity index is 626. The summed E-state index contributed by atoms with van der Waals surface area (Å²) in [5, 5.41) is 19.7. The van der Waals surface area contributed by atoms with Crippen LogP contribution in [-0.2, 0) is 4.79 Å². The zero-order valence-electron chi connectivity index (χ0n) is 9.57. The van der Waals surface area contributed by atoms with Crippen LogP contribution in [-0.4, -0.2) is 31.7 Å². The summed E-state index contributed by atoms with van der Waals surface area (Å²) in [6, 6.07) is 6.13. The Morgan fingerprint density at radius 2 is 2.32 bits per heavy atom. The summed E-state index contributed by atoms with van der Waals surface area (Å²) in [7, 11) is 0. The van der Waals surface area contributed by atoms with E-state index >= 15 is 0 Å². The van der Waals surface area contributed by atoms with Crippen molar-refractivity contribution in [3.63, 3.8) is 0 Å². The van der Waals surface area contributed by atoms with Crippen molar-refractivity contribution < 1.29 is 14.8 Å². The van der Waals surface area contributed by atoms with Crippen LogP contribution in [0, 0.1) is 10.1 Å². The maximum Gasteiger partial charge on any atom is 0.313 e. The summed E-state index contributed by atoms with van der Waals surface area (Å²) < 4.78 is 0.